The highest BCUT2D eigenvalue weighted by Gasteiger charge is 2.42. The Bertz CT molecular complexity index is 1050. The molecule has 4 rings (SSSR count). The van der Waals surface area contributed by atoms with Gasteiger partial charge >= 0.3 is 0 Å². The van der Waals surface area contributed by atoms with E-state index < -0.39 is 0 Å². The van der Waals surface area contributed by atoms with Crippen LogP contribution < -0.4 is 10.6 Å². The van der Waals surface area contributed by atoms with Gasteiger partial charge < -0.3 is 20.0 Å². The number of nitrogens with zero attached hydrogens (tertiary/aromatic N) is 3. The van der Waals surface area contributed by atoms with E-state index in [4.69, 9.17) is 4.42 Å². The number of rotatable bonds is 6. The van der Waals surface area contributed by atoms with E-state index in [1.165, 1.54) is 0 Å². The van der Waals surface area contributed by atoms with Gasteiger partial charge in [-0.25, -0.2) is 4.98 Å². The number of aromatic nitrogens is 1. The molecule has 3 aromatic rings. The molecule has 0 radical (unpaired) electrons. The Morgan fingerprint density at radius 3 is 2.68 bits per heavy atom. The highest BCUT2D eigenvalue weighted by Crippen LogP contribution is 2.39. The van der Waals surface area contributed by atoms with E-state index in [1.54, 1.807) is 23.3 Å². The van der Waals surface area contributed by atoms with Gasteiger partial charge in [-0.1, -0.05) is 25.0 Å². The first-order valence-corrected chi connectivity index (χ1v) is 11.4. The Balaban J connectivity index is 1.36. The van der Waals surface area contributed by atoms with Gasteiger partial charge in [-0.05, 0) is 37.1 Å². The lowest BCUT2D eigenvalue weighted by Crippen LogP contribution is -2.49. The zero-order chi connectivity index (χ0) is 21.8. The van der Waals surface area contributed by atoms with Crippen LogP contribution in [0.1, 0.15) is 31.4 Å². The largest absolute Gasteiger partial charge is 0.457 e. The third kappa shape index (κ3) is 4.58. The summed E-state index contributed by atoms with van der Waals surface area (Å²) in [6.07, 6.45) is 4.01. The summed E-state index contributed by atoms with van der Waals surface area (Å²) < 4.78 is 7.15. The Labute approximate surface area is 186 Å². The molecule has 0 atom stereocenters. The van der Waals surface area contributed by atoms with E-state index in [0.29, 0.717) is 19.0 Å². The van der Waals surface area contributed by atoms with Crippen molar-refractivity contribution >= 4 is 33.4 Å². The summed E-state index contributed by atoms with van der Waals surface area (Å²) >= 11 is 1.62. The Hall–Kier alpha value is -2.87. The number of guanidine groups is 1. The van der Waals surface area contributed by atoms with Crippen molar-refractivity contribution in [2.45, 2.75) is 32.2 Å². The van der Waals surface area contributed by atoms with Gasteiger partial charge in [0.05, 0.1) is 22.2 Å². The van der Waals surface area contributed by atoms with Gasteiger partial charge in [0.1, 0.15) is 5.76 Å². The summed E-state index contributed by atoms with van der Waals surface area (Å²) in [4.78, 5) is 23.4. The Morgan fingerprint density at radius 2 is 1.97 bits per heavy atom. The second-order valence-corrected chi connectivity index (χ2v) is 9.25. The zero-order valence-corrected chi connectivity index (χ0v) is 19.1. The Morgan fingerprint density at radius 1 is 1.19 bits per heavy atom. The topological polar surface area (TPSA) is 82.8 Å². The van der Waals surface area contributed by atoms with Crippen molar-refractivity contribution in [2.24, 2.45) is 10.4 Å². The quantitative estimate of drug-likeness (QED) is 0.450. The molecule has 8 heteroatoms. The van der Waals surface area contributed by atoms with E-state index in [9.17, 15) is 4.79 Å². The van der Waals surface area contributed by atoms with Crippen molar-refractivity contribution in [3.8, 4) is 10.8 Å². The third-order valence-corrected chi connectivity index (χ3v) is 6.89. The van der Waals surface area contributed by atoms with Crippen LogP contribution in [0.15, 0.2) is 45.8 Å². The minimum Gasteiger partial charge on any atom is -0.457 e. The SMILES string of the molecule is CN=C(NCc1ccc(-c2nc3ccccc3s2)o1)NCC1(C(=O)N(C)C)CCCC1. The van der Waals surface area contributed by atoms with Crippen molar-refractivity contribution in [1.29, 1.82) is 0 Å². The zero-order valence-electron chi connectivity index (χ0n) is 18.3. The number of hydrogen-bond acceptors (Lipinski definition) is 5. The van der Waals surface area contributed by atoms with Crippen LogP contribution in [-0.4, -0.2) is 49.4 Å². The fraction of sp³-hybridized carbons (Fsp3) is 0.435. The average Bonchev–Trinajstić information content (AvgIpc) is 3.52. The lowest BCUT2D eigenvalue weighted by molar-refractivity contribution is -0.138. The van der Waals surface area contributed by atoms with Crippen LogP contribution in [-0.2, 0) is 11.3 Å². The maximum Gasteiger partial charge on any atom is 0.230 e. The minimum absolute atomic E-state index is 0.194. The van der Waals surface area contributed by atoms with E-state index in [0.717, 1.165) is 52.4 Å². The maximum absolute atomic E-state index is 12.8. The summed E-state index contributed by atoms with van der Waals surface area (Å²) in [6, 6.07) is 12.0. The summed E-state index contributed by atoms with van der Waals surface area (Å²) in [6.45, 7) is 1.08. The molecule has 2 heterocycles. The lowest BCUT2D eigenvalue weighted by atomic mass is 9.84. The number of thiazole rings is 1. The van der Waals surface area contributed by atoms with Gasteiger partial charge in [-0.15, -0.1) is 11.3 Å². The van der Waals surface area contributed by atoms with Crippen LogP contribution in [0.25, 0.3) is 21.0 Å². The van der Waals surface area contributed by atoms with E-state index >= 15 is 0 Å². The molecule has 0 unspecified atom stereocenters. The molecule has 164 valence electrons. The lowest BCUT2D eigenvalue weighted by Gasteiger charge is -2.31. The predicted molar refractivity (Wildman–Crippen MR) is 125 cm³/mol. The Kier molecular flexibility index (Phi) is 6.27. The normalized spacial score (nSPS) is 15.9. The monoisotopic (exact) mass is 439 g/mol. The number of benzene rings is 1. The standard InChI is InChI=1S/C23H29N5O2S/c1-24-22(26-15-23(12-6-7-13-23)21(29)28(2)3)25-14-16-10-11-18(30-16)20-27-17-8-4-5-9-19(17)31-20/h4-5,8-11H,6-7,12-15H2,1-3H3,(H2,24,25,26). The molecule has 2 N–H and O–H groups in total. The molecule has 1 fully saturated rings. The van der Waals surface area contributed by atoms with E-state index in [-0.39, 0.29) is 11.3 Å². The molecule has 0 spiro atoms. The molecule has 7 nitrogen and oxygen atoms in total. The predicted octanol–water partition coefficient (Wildman–Crippen LogP) is 3.87. The van der Waals surface area contributed by atoms with Gasteiger partial charge in [0.15, 0.2) is 16.7 Å². The van der Waals surface area contributed by atoms with Crippen LogP contribution in [0.4, 0.5) is 0 Å². The molecule has 1 amide bonds. The number of carbonyl (C=O) groups is 1. The summed E-state index contributed by atoms with van der Waals surface area (Å²) in [7, 11) is 5.39. The van der Waals surface area contributed by atoms with E-state index in [2.05, 4.69) is 26.7 Å². The van der Waals surface area contributed by atoms with Crippen molar-refractivity contribution in [2.75, 3.05) is 27.7 Å². The number of hydrogen-bond donors (Lipinski definition) is 2. The highest BCUT2D eigenvalue weighted by atomic mass is 32.1. The van der Waals surface area contributed by atoms with Gasteiger partial charge in [0.25, 0.3) is 0 Å². The summed E-state index contributed by atoms with van der Waals surface area (Å²) in [5.74, 6) is 2.43. The van der Waals surface area contributed by atoms with Crippen LogP contribution >= 0.6 is 11.3 Å². The third-order valence-electron chi connectivity index (χ3n) is 5.83. The molecule has 1 aliphatic carbocycles. The molecule has 1 aromatic carbocycles. The second kappa shape index (κ2) is 9.09. The van der Waals surface area contributed by atoms with Crippen molar-refractivity contribution in [1.82, 2.24) is 20.5 Å². The van der Waals surface area contributed by atoms with Gasteiger partial charge in [-0.2, -0.15) is 0 Å². The highest BCUT2D eigenvalue weighted by molar-refractivity contribution is 7.21. The first kappa shape index (κ1) is 21.4. The van der Waals surface area contributed by atoms with Crippen molar-refractivity contribution < 1.29 is 9.21 Å². The van der Waals surface area contributed by atoms with Gasteiger partial charge in [-0.3, -0.25) is 9.79 Å². The smallest absolute Gasteiger partial charge is 0.230 e. The van der Waals surface area contributed by atoms with Crippen LogP contribution in [0.5, 0.6) is 0 Å². The van der Waals surface area contributed by atoms with Gasteiger partial charge in [0.2, 0.25) is 5.91 Å². The molecule has 1 saturated carbocycles. The molecule has 1 aliphatic rings. The first-order chi connectivity index (χ1) is 15.0. The van der Waals surface area contributed by atoms with Crippen LogP contribution in [0.2, 0.25) is 0 Å². The molecule has 0 aliphatic heterocycles. The molecule has 31 heavy (non-hydrogen) atoms. The van der Waals surface area contributed by atoms with Crippen LogP contribution in [0.3, 0.4) is 0 Å². The number of para-hydroxylation sites is 1. The molecule has 2 aromatic heterocycles. The minimum atomic E-state index is -0.341. The van der Waals surface area contributed by atoms with Gasteiger partial charge in [0, 0.05) is 27.7 Å². The molecule has 0 saturated heterocycles. The van der Waals surface area contributed by atoms with Crippen molar-refractivity contribution in [3.63, 3.8) is 0 Å². The fourth-order valence-electron chi connectivity index (χ4n) is 4.20. The molecular formula is C23H29N5O2S. The fourth-order valence-corrected chi connectivity index (χ4v) is 5.13. The molecular weight excluding hydrogens is 410 g/mol. The van der Waals surface area contributed by atoms with Crippen molar-refractivity contribution in [3.05, 3.63) is 42.2 Å². The number of furan rings is 1. The second-order valence-electron chi connectivity index (χ2n) is 8.22. The average molecular weight is 440 g/mol. The number of aliphatic imine (C=N–C) groups is 1. The van der Waals surface area contributed by atoms with Crippen LogP contribution in [0, 0.1) is 5.41 Å². The first-order valence-electron chi connectivity index (χ1n) is 10.6. The number of carbonyl (C=O) groups excluding carboxylic acids is 1. The van der Waals surface area contributed by atoms with E-state index in [1.807, 2.05) is 44.4 Å². The number of fused-ring (bicyclic) bond motifs is 1. The number of nitrogens with one attached hydrogen (secondary N) is 2. The molecule has 0 bridgehead atoms. The summed E-state index contributed by atoms with van der Waals surface area (Å²) in [5, 5.41) is 7.52. The number of amides is 1. The summed E-state index contributed by atoms with van der Waals surface area (Å²) in [5.41, 5.74) is 0.641. The maximum atomic E-state index is 12.8.